The molecule has 3 fully saturated rings. The standard InChI is InChI=1S/C15H22N2O16P2/c1-5-7(19)8(20)9(21)13(29-5)32-35(26,27)33-34(24,25)28-4-15-11(30-15)10(22)12(31-15)17-3-2-6(18)16-14(17)23/h2-3,5,7-13,19-22H,4H2,1H3,(H,24,25)(H,26,27)(H,16,18,23)/t5-,7-,8+,9+,10+,11-,12+,13+,15+/m0/s1. The molecule has 18 nitrogen and oxygen atoms in total. The van der Waals surface area contributed by atoms with E-state index in [0.29, 0.717) is 0 Å². The molecule has 0 aromatic carbocycles. The van der Waals surface area contributed by atoms with Crippen molar-refractivity contribution in [2.75, 3.05) is 6.61 Å². The molecule has 4 heterocycles. The Morgan fingerprint density at radius 1 is 1.06 bits per heavy atom. The van der Waals surface area contributed by atoms with Gasteiger partial charge in [0.25, 0.3) is 5.56 Å². The second kappa shape index (κ2) is 9.20. The lowest BCUT2D eigenvalue weighted by Gasteiger charge is -2.38. The number of H-pyrrole nitrogens is 1. The molecule has 7 N–H and O–H groups in total. The zero-order valence-electron chi connectivity index (χ0n) is 17.6. The molecule has 3 saturated heterocycles. The number of ether oxygens (including phenoxy) is 3. The average Bonchev–Trinajstić information content (AvgIpc) is 3.39. The van der Waals surface area contributed by atoms with Gasteiger partial charge in [0.05, 0.1) is 6.10 Å². The Kier molecular flexibility index (Phi) is 7.02. The van der Waals surface area contributed by atoms with Gasteiger partial charge in [-0.3, -0.25) is 23.4 Å². The third-order valence-electron chi connectivity index (χ3n) is 5.43. The van der Waals surface area contributed by atoms with Gasteiger partial charge in [-0.05, 0) is 6.92 Å². The van der Waals surface area contributed by atoms with Crippen LogP contribution in [0.25, 0.3) is 0 Å². The molecule has 3 aliphatic heterocycles. The van der Waals surface area contributed by atoms with Crippen LogP contribution in [0.5, 0.6) is 0 Å². The maximum absolute atomic E-state index is 12.2. The van der Waals surface area contributed by atoms with E-state index in [1.165, 1.54) is 6.92 Å². The fraction of sp³-hybridized carbons (Fsp3) is 0.733. The van der Waals surface area contributed by atoms with Gasteiger partial charge >= 0.3 is 21.3 Å². The summed E-state index contributed by atoms with van der Waals surface area (Å²) in [5.74, 6) is -1.82. The Bertz CT molecular complexity index is 1170. The van der Waals surface area contributed by atoms with Gasteiger partial charge in [-0.2, -0.15) is 4.31 Å². The van der Waals surface area contributed by atoms with Gasteiger partial charge in [0.15, 0.2) is 12.5 Å². The molecule has 1 aromatic heterocycles. The Morgan fingerprint density at radius 3 is 2.40 bits per heavy atom. The van der Waals surface area contributed by atoms with Gasteiger partial charge in [-0.25, -0.2) is 13.9 Å². The number of hydrogen-bond acceptors (Lipinski definition) is 14. The van der Waals surface area contributed by atoms with Gasteiger partial charge < -0.3 is 44.4 Å². The molecule has 0 spiro atoms. The first-order valence-corrected chi connectivity index (χ1v) is 12.9. The van der Waals surface area contributed by atoms with Gasteiger partial charge in [0, 0.05) is 12.3 Å². The summed E-state index contributed by atoms with van der Waals surface area (Å²) >= 11 is 0. The van der Waals surface area contributed by atoms with Gasteiger partial charge in [0.1, 0.15) is 37.1 Å². The summed E-state index contributed by atoms with van der Waals surface area (Å²) in [4.78, 5) is 44.7. The molecule has 0 amide bonds. The predicted octanol–water partition coefficient (Wildman–Crippen LogP) is -3.40. The van der Waals surface area contributed by atoms with E-state index in [-0.39, 0.29) is 0 Å². The van der Waals surface area contributed by atoms with E-state index in [0.717, 1.165) is 16.8 Å². The fourth-order valence-corrected chi connectivity index (χ4v) is 5.77. The van der Waals surface area contributed by atoms with Crippen molar-refractivity contribution in [2.24, 2.45) is 0 Å². The van der Waals surface area contributed by atoms with Crippen molar-refractivity contribution in [3.63, 3.8) is 0 Å². The van der Waals surface area contributed by atoms with Crippen LogP contribution < -0.4 is 11.2 Å². The fourth-order valence-electron chi connectivity index (χ4n) is 3.60. The number of nitrogens with one attached hydrogen (secondary N) is 1. The highest BCUT2D eigenvalue weighted by molar-refractivity contribution is 7.61. The Hall–Kier alpha value is -1.34. The van der Waals surface area contributed by atoms with Gasteiger partial charge in [-0.15, -0.1) is 0 Å². The van der Waals surface area contributed by atoms with E-state index in [9.17, 15) is 48.9 Å². The number of nitrogens with zero attached hydrogens (tertiary/aromatic N) is 1. The van der Waals surface area contributed by atoms with Gasteiger partial charge in [0.2, 0.25) is 5.79 Å². The molecule has 35 heavy (non-hydrogen) atoms. The summed E-state index contributed by atoms with van der Waals surface area (Å²) in [6.45, 7) is 0.344. The van der Waals surface area contributed by atoms with Crippen molar-refractivity contribution in [1.82, 2.24) is 9.55 Å². The Labute approximate surface area is 194 Å². The van der Waals surface area contributed by atoms with Crippen LogP contribution in [-0.2, 0) is 36.7 Å². The van der Waals surface area contributed by atoms with Crippen molar-refractivity contribution in [3.05, 3.63) is 33.1 Å². The minimum absolute atomic E-state index is 0.696. The number of aromatic amines is 1. The number of fused-ring (bicyclic) bond motifs is 1. The highest BCUT2D eigenvalue weighted by atomic mass is 31.3. The lowest BCUT2D eigenvalue weighted by atomic mass is 10.0. The lowest BCUT2D eigenvalue weighted by molar-refractivity contribution is -0.271. The molecule has 0 radical (unpaired) electrons. The number of aliphatic hydroxyl groups excluding tert-OH is 4. The van der Waals surface area contributed by atoms with E-state index < -0.39 is 88.4 Å². The van der Waals surface area contributed by atoms with E-state index in [1.807, 2.05) is 4.98 Å². The number of hydrogen-bond donors (Lipinski definition) is 7. The minimum Gasteiger partial charge on any atom is -0.388 e. The quantitative estimate of drug-likeness (QED) is 0.123. The Balaban J connectivity index is 1.37. The molecule has 2 unspecified atom stereocenters. The number of rotatable bonds is 8. The first kappa shape index (κ1) is 26.7. The summed E-state index contributed by atoms with van der Waals surface area (Å²) in [7, 11) is -10.9. The number of epoxide rings is 1. The third-order valence-corrected chi connectivity index (χ3v) is 8.01. The molecule has 0 bridgehead atoms. The first-order valence-electron chi connectivity index (χ1n) is 9.89. The predicted molar refractivity (Wildman–Crippen MR) is 105 cm³/mol. The normalized spacial score (nSPS) is 42.1. The van der Waals surface area contributed by atoms with Crippen molar-refractivity contribution < 1.29 is 66.9 Å². The number of aliphatic hydroxyl groups is 4. The topological polar surface area (TPSA) is 269 Å². The van der Waals surface area contributed by atoms with Crippen LogP contribution in [0.15, 0.2) is 21.9 Å². The van der Waals surface area contributed by atoms with E-state index in [2.05, 4.69) is 13.4 Å². The summed E-state index contributed by atoms with van der Waals surface area (Å²) < 4.78 is 54.0. The van der Waals surface area contributed by atoms with Crippen LogP contribution in [0.1, 0.15) is 13.2 Å². The number of phosphoric acid groups is 2. The minimum atomic E-state index is -5.47. The van der Waals surface area contributed by atoms with Crippen molar-refractivity contribution in [3.8, 4) is 0 Å². The summed E-state index contributed by atoms with van der Waals surface area (Å²) in [5.41, 5.74) is -1.61. The van der Waals surface area contributed by atoms with Crippen LogP contribution in [0.3, 0.4) is 0 Å². The lowest BCUT2D eigenvalue weighted by Crippen LogP contribution is -2.57. The third kappa shape index (κ3) is 5.36. The highest BCUT2D eigenvalue weighted by Crippen LogP contribution is 2.63. The summed E-state index contributed by atoms with van der Waals surface area (Å²) in [5, 5.41) is 39.5. The van der Waals surface area contributed by atoms with Crippen molar-refractivity contribution >= 4 is 15.6 Å². The van der Waals surface area contributed by atoms with Crippen LogP contribution in [-0.4, -0.2) is 95.1 Å². The van der Waals surface area contributed by atoms with Crippen molar-refractivity contribution in [2.45, 2.75) is 61.9 Å². The number of phosphoric ester groups is 2. The first-order chi connectivity index (χ1) is 16.1. The molecule has 11 atom stereocenters. The second-order valence-electron chi connectivity index (χ2n) is 7.95. The summed E-state index contributed by atoms with van der Waals surface area (Å²) in [6.07, 6.45) is -11.4. The van der Waals surface area contributed by atoms with Crippen molar-refractivity contribution in [1.29, 1.82) is 0 Å². The van der Waals surface area contributed by atoms with E-state index >= 15 is 0 Å². The number of aromatic nitrogens is 2. The highest BCUT2D eigenvalue weighted by Gasteiger charge is 2.71. The van der Waals surface area contributed by atoms with Crippen LogP contribution in [0, 0.1) is 0 Å². The molecule has 20 heteroatoms. The SMILES string of the molecule is C[C@@H]1O[C@H](OP(=O)(O)OP(=O)(O)OC[C@@]23O[C@@H](n4ccc(=O)[nH]c4=O)[C@H](O)[C@@H]2O3)[C@H](O)[C@H](O)[C@H]1O. The van der Waals surface area contributed by atoms with Crippen LogP contribution in [0.2, 0.25) is 0 Å². The monoisotopic (exact) mass is 548 g/mol. The van der Waals surface area contributed by atoms with Crippen LogP contribution >= 0.6 is 15.6 Å². The maximum atomic E-state index is 12.2. The van der Waals surface area contributed by atoms with E-state index in [1.54, 1.807) is 0 Å². The molecule has 0 aliphatic carbocycles. The zero-order valence-corrected chi connectivity index (χ0v) is 19.4. The summed E-state index contributed by atoms with van der Waals surface area (Å²) in [6, 6.07) is 0.993. The smallest absolute Gasteiger partial charge is 0.388 e. The average molecular weight is 548 g/mol. The molecular formula is C15H22N2O16P2. The van der Waals surface area contributed by atoms with E-state index in [4.69, 9.17) is 14.2 Å². The van der Waals surface area contributed by atoms with Crippen LogP contribution in [0.4, 0.5) is 0 Å². The zero-order chi connectivity index (χ0) is 25.9. The molecule has 198 valence electrons. The molecule has 0 saturated carbocycles. The maximum Gasteiger partial charge on any atom is 0.483 e. The molecule has 3 aliphatic rings. The second-order valence-corrected chi connectivity index (χ2v) is 10.9. The van der Waals surface area contributed by atoms with Gasteiger partial charge in [-0.1, -0.05) is 0 Å². The molecule has 4 rings (SSSR count). The molecule has 1 aromatic rings. The Morgan fingerprint density at radius 2 is 1.74 bits per heavy atom. The molecular weight excluding hydrogens is 526 g/mol. The largest absolute Gasteiger partial charge is 0.483 e.